The molecule has 0 bridgehead atoms. The van der Waals surface area contributed by atoms with Gasteiger partial charge in [0.25, 0.3) is 0 Å². The number of anilines is 1. The normalized spacial score (nSPS) is 15.4. The van der Waals surface area contributed by atoms with Crippen LogP contribution in [0.5, 0.6) is 5.75 Å². The summed E-state index contributed by atoms with van der Waals surface area (Å²) in [7, 11) is 2.08. The van der Waals surface area contributed by atoms with Crippen molar-refractivity contribution in [2.24, 2.45) is 0 Å². The Kier molecular flexibility index (Phi) is 5.73. The standard InChI is InChI=1S/C22H25N7O2S/c1-28(16-4-6-29(7-5-16)8-9-30)22-25-21-20(32-22)11-18(26-27-21)17-3-2-14(10-19(17)31)15-12-23-24-13-15/h2-3,10-13,16,30-31H,4-9H2,1H3,(H,23,24). The Morgan fingerprint density at radius 1 is 1.19 bits per heavy atom. The fourth-order valence-corrected chi connectivity index (χ4v) is 5.15. The van der Waals surface area contributed by atoms with Crippen LogP contribution in [-0.2, 0) is 0 Å². The van der Waals surface area contributed by atoms with Crippen LogP contribution in [0.2, 0.25) is 0 Å². The molecule has 1 fully saturated rings. The number of hydrogen-bond donors (Lipinski definition) is 3. The SMILES string of the molecule is CN(c1nc2nnc(-c3ccc(-c4cn[nH]c4)cc3O)cc2s1)C1CCN(CCO)CC1. The number of nitrogens with zero attached hydrogens (tertiary/aromatic N) is 6. The van der Waals surface area contributed by atoms with Crippen LogP contribution in [0, 0.1) is 0 Å². The molecule has 3 N–H and O–H groups in total. The van der Waals surface area contributed by atoms with Crippen LogP contribution >= 0.6 is 11.3 Å². The third kappa shape index (κ3) is 4.04. The molecule has 3 aromatic heterocycles. The second-order valence-electron chi connectivity index (χ2n) is 8.04. The van der Waals surface area contributed by atoms with Crippen molar-refractivity contribution >= 4 is 26.8 Å². The number of phenols is 1. The van der Waals surface area contributed by atoms with Gasteiger partial charge in [-0.3, -0.25) is 5.10 Å². The molecule has 0 atom stereocenters. The summed E-state index contributed by atoms with van der Waals surface area (Å²) in [6, 6.07) is 7.84. The van der Waals surface area contributed by atoms with Gasteiger partial charge in [0.1, 0.15) is 5.75 Å². The minimum atomic E-state index is 0.147. The molecule has 9 nitrogen and oxygen atoms in total. The largest absolute Gasteiger partial charge is 0.507 e. The fourth-order valence-electron chi connectivity index (χ4n) is 4.18. The van der Waals surface area contributed by atoms with Gasteiger partial charge in [-0.1, -0.05) is 17.4 Å². The Balaban J connectivity index is 1.36. The summed E-state index contributed by atoms with van der Waals surface area (Å²) in [5, 5.41) is 36.0. The first-order chi connectivity index (χ1) is 15.6. The second kappa shape index (κ2) is 8.81. The van der Waals surface area contributed by atoms with Gasteiger partial charge in [-0.25, -0.2) is 0 Å². The third-order valence-electron chi connectivity index (χ3n) is 6.07. The smallest absolute Gasteiger partial charge is 0.194 e. The van der Waals surface area contributed by atoms with Gasteiger partial charge in [-0.15, -0.1) is 10.2 Å². The number of aliphatic hydroxyl groups excluding tert-OH is 1. The van der Waals surface area contributed by atoms with Gasteiger partial charge in [0.05, 0.1) is 23.2 Å². The van der Waals surface area contributed by atoms with Crippen molar-refractivity contribution < 1.29 is 10.2 Å². The molecule has 5 rings (SSSR count). The number of thiazole rings is 1. The Bertz CT molecular complexity index is 1200. The van der Waals surface area contributed by atoms with Crippen molar-refractivity contribution in [3.63, 3.8) is 0 Å². The maximum Gasteiger partial charge on any atom is 0.194 e. The quantitative estimate of drug-likeness (QED) is 0.410. The summed E-state index contributed by atoms with van der Waals surface area (Å²) >= 11 is 1.59. The molecule has 1 saturated heterocycles. The molecule has 10 heteroatoms. The van der Waals surface area contributed by atoms with Crippen LogP contribution in [0.3, 0.4) is 0 Å². The summed E-state index contributed by atoms with van der Waals surface area (Å²) in [6.45, 7) is 2.92. The number of fused-ring (bicyclic) bond motifs is 1. The van der Waals surface area contributed by atoms with E-state index in [0.717, 1.165) is 53.4 Å². The highest BCUT2D eigenvalue weighted by atomic mass is 32.1. The van der Waals surface area contributed by atoms with E-state index < -0.39 is 0 Å². The van der Waals surface area contributed by atoms with Crippen LogP contribution < -0.4 is 4.90 Å². The second-order valence-corrected chi connectivity index (χ2v) is 9.05. The molecule has 0 spiro atoms. The molecule has 4 heterocycles. The maximum atomic E-state index is 10.6. The molecule has 1 aliphatic rings. The number of piperidine rings is 1. The lowest BCUT2D eigenvalue weighted by molar-refractivity contribution is 0.164. The van der Waals surface area contributed by atoms with Gasteiger partial charge in [-0.05, 0) is 36.6 Å². The van der Waals surface area contributed by atoms with Gasteiger partial charge < -0.3 is 20.0 Å². The van der Waals surface area contributed by atoms with Crippen molar-refractivity contribution in [1.82, 2.24) is 30.3 Å². The summed E-state index contributed by atoms with van der Waals surface area (Å²) in [5.74, 6) is 0.147. The van der Waals surface area contributed by atoms with Gasteiger partial charge in [0, 0.05) is 50.0 Å². The van der Waals surface area contributed by atoms with Gasteiger partial charge in [0.2, 0.25) is 0 Å². The first-order valence-electron chi connectivity index (χ1n) is 10.6. The number of likely N-dealkylation sites (tertiary alicyclic amines) is 1. The van der Waals surface area contributed by atoms with E-state index in [1.54, 1.807) is 29.8 Å². The van der Waals surface area contributed by atoms with E-state index >= 15 is 0 Å². The molecular weight excluding hydrogens is 426 g/mol. The van der Waals surface area contributed by atoms with Crippen LogP contribution in [0.4, 0.5) is 5.13 Å². The number of benzene rings is 1. The predicted molar refractivity (Wildman–Crippen MR) is 125 cm³/mol. The number of nitrogens with one attached hydrogen (secondary N) is 1. The average Bonchev–Trinajstić information content (AvgIpc) is 3.49. The van der Waals surface area contributed by atoms with Crippen LogP contribution in [0.1, 0.15) is 12.8 Å². The zero-order chi connectivity index (χ0) is 22.1. The zero-order valence-corrected chi connectivity index (χ0v) is 18.6. The highest BCUT2D eigenvalue weighted by Gasteiger charge is 2.24. The molecule has 0 amide bonds. The first kappa shape index (κ1) is 20.8. The molecule has 1 aromatic carbocycles. The Hall–Kier alpha value is -3.08. The minimum absolute atomic E-state index is 0.147. The molecule has 0 saturated carbocycles. The van der Waals surface area contributed by atoms with Crippen molar-refractivity contribution in [3.05, 3.63) is 36.7 Å². The lowest BCUT2D eigenvalue weighted by atomic mass is 10.0. The first-order valence-corrected chi connectivity index (χ1v) is 11.5. The van der Waals surface area contributed by atoms with E-state index in [2.05, 4.69) is 37.2 Å². The number of aromatic nitrogens is 5. The molecule has 32 heavy (non-hydrogen) atoms. The third-order valence-corrected chi connectivity index (χ3v) is 7.15. The van der Waals surface area contributed by atoms with E-state index in [0.29, 0.717) is 22.9 Å². The Labute approximate surface area is 189 Å². The number of β-amino-alcohol motifs (C(OH)–C–C–N with tert-alkyl or cyclic N) is 1. The maximum absolute atomic E-state index is 10.6. The Morgan fingerprint density at radius 3 is 2.75 bits per heavy atom. The van der Waals surface area contributed by atoms with Crippen molar-refractivity contribution in [1.29, 1.82) is 0 Å². The summed E-state index contributed by atoms with van der Waals surface area (Å²) in [4.78, 5) is 9.22. The van der Waals surface area contributed by atoms with E-state index in [1.807, 2.05) is 18.2 Å². The van der Waals surface area contributed by atoms with Crippen LogP contribution in [0.25, 0.3) is 32.7 Å². The lowest BCUT2D eigenvalue weighted by Gasteiger charge is -2.36. The molecule has 0 radical (unpaired) electrons. The summed E-state index contributed by atoms with van der Waals surface area (Å²) < 4.78 is 0.938. The summed E-state index contributed by atoms with van der Waals surface area (Å²) in [6.07, 6.45) is 5.58. The Morgan fingerprint density at radius 2 is 2.03 bits per heavy atom. The van der Waals surface area contributed by atoms with Gasteiger partial charge in [-0.2, -0.15) is 10.1 Å². The highest BCUT2D eigenvalue weighted by Crippen LogP contribution is 2.35. The van der Waals surface area contributed by atoms with E-state index in [4.69, 9.17) is 10.1 Å². The topological polar surface area (TPSA) is 114 Å². The molecular formula is C22H25N7O2S. The minimum Gasteiger partial charge on any atom is -0.507 e. The summed E-state index contributed by atoms with van der Waals surface area (Å²) in [5.41, 5.74) is 3.65. The number of hydrogen-bond acceptors (Lipinski definition) is 9. The van der Waals surface area contributed by atoms with E-state index in [-0.39, 0.29) is 12.4 Å². The van der Waals surface area contributed by atoms with E-state index in [9.17, 15) is 5.11 Å². The van der Waals surface area contributed by atoms with Crippen molar-refractivity contribution in [3.8, 4) is 28.1 Å². The molecule has 166 valence electrons. The number of aliphatic hydroxyl groups is 1. The predicted octanol–water partition coefficient (Wildman–Crippen LogP) is 2.74. The zero-order valence-electron chi connectivity index (χ0n) is 17.8. The highest BCUT2D eigenvalue weighted by molar-refractivity contribution is 7.22. The lowest BCUT2D eigenvalue weighted by Crippen LogP contribution is -2.44. The van der Waals surface area contributed by atoms with Crippen molar-refractivity contribution in [2.75, 3.05) is 38.2 Å². The molecule has 0 unspecified atom stereocenters. The monoisotopic (exact) mass is 451 g/mol. The van der Waals surface area contributed by atoms with Crippen LogP contribution in [-0.4, -0.2) is 79.8 Å². The number of phenolic OH excluding ortho intramolecular Hbond substituents is 1. The molecule has 1 aliphatic heterocycles. The molecule has 4 aromatic rings. The number of rotatable bonds is 6. The average molecular weight is 452 g/mol. The van der Waals surface area contributed by atoms with Crippen LogP contribution in [0.15, 0.2) is 36.7 Å². The van der Waals surface area contributed by atoms with E-state index in [1.165, 1.54) is 0 Å². The van der Waals surface area contributed by atoms with Gasteiger partial charge in [0.15, 0.2) is 10.8 Å². The fraction of sp³-hybridized carbons (Fsp3) is 0.364. The molecule has 0 aliphatic carbocycles. The number of H-pyrrole nitrogens is 1. The van der Waals surface area contributed by atoms with Crippen molar-refractivity contribution in [2.45, 2.75) is 18.9 Å². The number of aromatic hydroxyl groups is 1. The number of aromatic amines is 1. The van der Waals surface area contributed by atoms with Gasteiger partial charge >= 0.3 is 0 Å².